The van der Waals surface area contributed by atoms with Gasteiger partial charge in [-0.15, -0.1) is 22.7 Å². The number of thiophene rings is 2. The molecule has 6 nitrogen and oxygen atoms in total. The van der Waals surface area contributed by atoms with Crippen molar-refractivity contribution < 1.29 is 9.72 Å². The van der Waals surface area contributed by atoms with Gasteiger partial charge in [-0.05, 0) is 31.2 Å². The molecule has 3 aromatic rings. The maximum atomic E-state index is 12.1. The Morgan fingerprint density at radius 1 is 1.26 bits per heavy atom. The lowest BCUT2D eigenvalue weighted by molar-refractivity contribution is -0.384. The molecule has 2 aromatic heterocycles. The van der Waals surface area contributed by atoms with Crippen molar-refractivity contribution in [3.8, 4) is 0 Å². The van der Waals surface area contributed by atoms with Crippen LogP contribution in [0.5, 0.6) is 0 Å². The zero-order valence-electron chi connectivity index (χ0n) is 12.0. The monoisotopic (exact) mass is 345 g/mol. The number of amides is 1. The molecular formula is C15H11N3O3S2. The highest BCUT2D eigenvalue weighted by Crippen LogP contribution is 2.28. The summed E-state index contributed by atoms with van der Waals surface area (Å²) in [4.78, 5) is 25.0. The van der Waals surface area contributed by atoms with Gasteiger partial charge in [-0.25, -0.2) is 5.43 Å². The summed E-state index contributed by atoms with van der Waals surface area (Å²) in [7, 11) is 0. The molecule has 0 aliphatic rings. The fourth-order valence-electron chi connectivity index (χ4n) is 1.99. The maximum absolute atomic E-state index is 12.1. The Morgan fingerprint density at radius 3 is 2.78 bits per heavy atom. The first-order chi connectivity index (χ1) is 11.0. The predicted octanol–water partition coefficient (Wildman–Crippen LogP) is 3.94. The quantitative estimate of drug-likeness (QED) is 0.441. The number of fused-ring (bicyclic) bond motifs is 1. The smallest absolute Gasteiger partial charge is 0.266 e. The number of nitro benzene ring substituents is 1. The number of nitrogens with zero attached hydrogens (tertiary/aromatic N) is 2. The van der Waals surface area contributed by atoms with Gasteiger partial charge in [-0.3, -0.25) is 14.9 Å². The lowest BCUT2D eigenvalue weighted by Crippen LogP contribution is -2.15. The average molecular weight is 345 g/mol. The number of nitro groups is 1. The van der Waals surface area contributed by atoms with Crippen molar-refractivity contribution in [3.05, 3.63) is 61.1 Å². The number of carbonyl (C=O) groups is 1. The van der Waals surface area contributed by atoms with Crippen molar-refractivity contribution in [2.24, 2.45) is 5.10 Å². The van der Waals surface area contributed by atoms with E-state index < -0.39 is 4.92 Å². The lowest BCUT2D eigenvalue weighted by Gasteiger charge is -1.94. The van der Waals surface area contributed by atoms with Crippen LogP contribution in [-0.2, 0) is 0 Å². The molecular weight excluding hydrogens is 334 g/mol. The zero-order valence-corrected chi connectivity index (χ0v) is 13.6. The van der Waals surface area contributed by atoms with Crippen LogP contribution in [-0.4, -0.2) is 17.0 Å². The third-order valence-corrected chi connectivity index (χ3v) is 5.10. The number of carbonyl (C=O) groups excluding carboxylic acids is 1. The molecule has 0 saturated heterocycles. The molecule has 2 heterocycles. The molecule has 8 heteroatoms. The fraction of sp³-hybridized carbons (Fsp3) is 0.0667. The second-order valence-corrected chi connectivity index (χ2v) is 7.14. The van der Waals surface area contributed by atoms with Crippen LogP contribution in [0.2, 0.25) is 0 Å². The van der Waals surface area contributed by atoms with Crippen molar-refractivity contribution in [2.75, 3.05) is 0 Å². The summed E-state index contributed by atoms with van der Waals surface area (Å²) >= 11 is 2.85. The van der Waals surface area contributed by atoms with E-state index >= 15 is 0 Å². The van der Waals surface area contributed by atoms with E-state index in [-0.39, 0.29) is 11.6 Å². The molecule has 0 unspecified atom stereocenters. The average Bonchev–Trinajstić information content (AvgIpc) is 3.12. The Balaban J connectivity index is 1.75. The van der Waals surface area contributed by atoms with Gasteiger partial charge in [0.25, 0.3) is 11.6 Å². The molecule has 1 aromatic carbocycles. The van der Waals surface area contributed by atoms with Gasteiger partial charge in [-0.2, -0.15) is 5.10 Å². The number of rotatable bonds is 4. The summed E-state index contributed by atoms with van der Waals surface area (Å²) in [6, 6.07) is 10.1. The Hall–Kier alpha value is -2.58. The maximum Gasteiger partial charge on any atom is 0.281 e. The van der Waals surface area contributed by atoms with E-state index in [1.807, 2.05) is 19.1 Å². The molecule has 1 amide bonds. The van der Waals surface area contributed by atoms with Gasteiger partial charge in [0, 0.05) is 32.0 Å². The first kappa shape index (κ1) is 15.3. The molecule has 0 saturated carbocycles. The molecule has 0 bridgehead atoms. The minimum absolute atomic E-state index is 0.00773. The zero-order chi connectivity index (χ0) is 16.4. The summed E-state index contributed by atoms with van der Waals surface area (Å²) in [5.74, 6) is -0.335. The summed E-state index contributed by atoms with van der Waals surface area (Å²) < 4.78 is 0.818. The van der Waals surface area contributed by atoms with Crippen LogP contribution in [0.1, 0.15) is 19.4 Å². The van der Waals surface area contributed by atoms with E-state index in [9.17, 15) is 14.9 Å². The lowest BCUT2D eigenvalue weighted by atomic mass is 10.2. The topological polar surface area (TPSA) is 84.6 Å². The van der Waals surface area contributed by atoms with Gasteiger partial charge in [0.05, 0.1) is 16.0 Å². The van der Waals surface area contributed by atoms with Crippen LogP contribution in [0.4, 0.5) is 5.69 Å². The van der Waals surface area contributed by atoms with E-state index in [1.165, 1.54) is 28.3 Å². The molecule has 0 aliphatic carbocycles. The van der Waals surface area contributed by atoms with E-state index in [2.05, 4.69) is 10.5 Å². The van der Waals surface area contributed by atoms with Crippen LogP contribution in [0.3, 0.4) is 0 Å². The predicted molar refractivity (Wildman–Crippen MR) is 92.6 cm³/mol. The van der Waals surface area contributed by atoms with Crippen molar-refractivity contribution in [3.63, 3.8) is 0 Å². The Morgan fingerprint density at radius 2 is 2.09 bits per heavy atom. The van der Waals surface area contributed by atoms with Crippen LogP contribution in [0, 0.1) is 17.0 Å². The van der Waals surface area contributed by atoms with Gasteiger partial charge >= 0.3 is 0 Å². The van der Waals surface area contributed by atoms with Gasteiger partial charge in [-0.1, -0.05) is 0 Å². The SMILES string of the molecule is Cc1ccc(C=NNC(=O)c2cc3cc([N+](=O)[O-])ccc3s2)s1. The molecule has 3 rings (SSSR count). The molecule has 0 fully saturated rings. The summed E-state index contributed by atoms with van der Waals surface area (Å²) in [5.41, 5.74) is 2.48. The normalized spacial score (nSPS) is 11.2. The minimum Gasteiger partial charge on any atom is -0.266 e. The van der Waals surface area contributed by atoms with Crippen molar-refractivity contribution >= 4 is 50.6 Å². The largest absolute Gasteiger partial charge is 0.281 e. The molecule has 0 atom stereocenters. The second-order valence-electron chi connectivity index (χ2n) is 4.74. The van der Waals surface area contributed by atoms with Crippen molar-refractivity contribution in [1.29, 1.82) is 0 Å². The fourth-order valence-corrected chi connectivity index (χ4v) is 3.67. The number of aryl methyl sites for hydroxylation is 1. The standard InChI is InChI=1S/C15H11N3O3S2/c1-9-2-4-12(22-9)8-16-17-15(19)14-7-10-6-11(18(20)21)3-5-13(10)23-14/h2-8H,1H3,(H,17,19). The number of hydrogen-bond donors (Lipinski definition) is 1. The third-order valence-electron chi connectivity index (χ3n) is 3.05. The Labute approximate surface area is 139 Å². The summed E-state index contributed by atoms with van der Waals surface area (Å²) in [5, 5.41) is 15.4. The van der Waals surface area contributed by atoms with Gasteiger partial charge in [0.2, 0.25) is 0 Å². The van der Waals surface area contributed by atoms with Crippen LogP contribution < -0.4 is 5.43 Å². The number of benzene rings is 1. The van der Waals surface area contributed by atoms with Gasteiger partial charge in [0.1, 0.15) is 0 Å². The summed E-state index contributed by atoms with van der Waals surface area (Å²) in [6.45, 7) is 2.00. The van der Waals surface area contributed by atoms with Crippen LogP contribution in [0.25, 0.3) is 10.1 Å². The number of non-ortho nitro benzene ring substituents is 1. The highest BCUT2D eigenvalue weighted by atomic mass is 32.1. The summed E-state index contributed by atoms with van der Waals surface area (Å²) in [6.07, 6.45) is 1.59. The number of hydrazone groups is 1. The van der Waals surface area contributed by atoms with E-state index in [1.54, 1.807) is 29.7 Å². The minimum atomic E-state index is -0.454. The highest BCUT2D eigenvalue weighted by molar-refractivity contribution is 7.20. The Bertz CT molecular complexity index is 927. The van der Waals surface area contributed by atoms with Crippen LogP contribution in [0.15, 0.2) is 41.5 Å². The second kappa shape index (κ2) is 6.27. The highest BCUT2D eigenvalue weighted by Gasteiger charge is 2.12. The van der Waals surface area contributed by atoms with Crippen molar-refractivity contribution in [2.45, 2.75) is 6.92 Å². The number of hydrogen-bond acceptors (Lipinski definition) is 6. The van der Waals surface area contributed by atoms with E-state index in [4.69, 9.17) is 0 Å². The Kier molecular flexibility index (Phi) is 4.18. The van der Waals surface area contributed by atoms with E-state index in [0.717, 1.165) is 9.58 Å². The van der Waals surface area contributed by atoms with Gasteiger partial charge < -0.3 is 0 Å². The number of nitrogens with one attached hydrogen (secondary N) is 1. The van der Waals surface area contributed by atoms with E-state index in [0.29, 0.717) is 10.3 Å². The molecule has 0 aliphatic heterocycles. The third kappa shape index (κ3) is 3.43. The first-order valence-electron chi connectivity index (χ1n) is 6.61. The van der Waals surface area contributed by atoms with Crippen molar-refractivity contribution in [1.82, 2.24) is 5.43 Å². The molecule has 23 heavy (non-hydrogen) atoms. The van der Waals surface area contributed by atoms with Crippen LogP contribution >= 0.6 is 22.7 Å². The first-order valence-corrected chi connectivity index (χ1v) is 8.24. The molecule has 1 N–H and O–H groups in total. The molecule has 0 spiro atoms. The molecule has 116 valence electrons. The van der Waals surface area contributed by atoms with Gasteiger partial charge in [0.15, 0.2) is 0 Å². The molecule has 0 radical (unpaired) electrons.